The SMILES string of the molecule is CNC(=O)c1c(-c2ccc(F)cc2)oc2nc(Cl)c(-c3ccc(OC)c(C=O)c3)cc12.CNCC(F)(F)C(F)(F)C(F)(F)F. The Labute approximate surface area is 249 Å². The molecule has 2 heterocycles. The highest BCUT2D eigenvalue weighted by Crippen LogP contribution is 2.46. The lowest BCUT2D eigenvalue weighted by molar-refractivity contribution is -0.352. The van der Waals surface area contributed by atoms with Crippen molar-refractivity contribution in [3.8, 4) is 28.2 Å². The number of carbonyl (C=O) groups excluding carboxylic acids is 2. The molecule has 0 spiro atoms. The molecule has 236 valence electrons. The Morgan fingerprint density at radius 3 is 2.14 bits per heavy atom. The largest absolute Gasteiger partial charge is 0.496 e. The maximum absolute atomic E-state index is 13.4. The summed E-state index contributed by atoms with van der Waals surface area (Å²) in [7, 11) is 3.82. The average molecular weight is 652 g/mol. The first-order valence-corrected chi connectivity index (χ1v) is 12.6. The average Bonchev–Trinajstić information content (AvgIpc) is 3.34. The van der Waals surface area contributed by atoms with Gasteiger partial charge in [-0.1, -0.05) is 17.7 Å². The molecule has 44 heavy (non-hydrogen) atoms. The van der Waals surface area contributed by atoms with E-state index in [0.717, 1.165) is 7.05 Å². The van der Waals surface area contributed by atoms with E-state index in [2.05, 4.69) is 10.3 Å². The number of nitrogens with zero attached hydrogens (tertiary/aromatic N) is 1. The maximum Gasteiger partial charge on any atom is 0.459 e. The van der Waals surface area contributed by atoms with Crippen LogP contribution in [-0.4, -0.2) is 62.9 Å². The summed E-state index contributed by atoms with van der Waals surface area (Å²) in [6.07, 6.45) is -5.56. The standard InChI is InChI=1S/C23H16ClFN2O4.C5H6F7N/c1-26-22(29)19-17-10-16(13-5-8-18(30-2)14(9-13)11-28)21(24)27-23(17)31-20(19)12-3-6-15(25)7-4-12;1-13-2-3(6,7)4(8,9)5(10,11)12/h3-11H,1-2H3,(H,26,29);13H,2H2,1H3. The Bertz CT molecular complexity index is 1660. The predicted molar refractivity (Wildman–Crippen MR) is 145 cm³/mol. The van der Waals surface area contributed by atoms with Gasteiger partial charge in [0.1, 0.15) is 22.5 Å². The third kappa shape index (κ3) is 6.78. The van der Waals surface area contributed by atoms with E-state index < -0.39 is 36.3 Å². The van der Waals surface area contributed by atoms with Gasteiger partial charge >= 0.3 is 18.0 Å². The highest BCUT2D eigenvalue weighted by Gasteiger charge is 2.72. The second-order valence-corrected chi connectivity index (χ2v) is 9.31. The van der Waals surface area contributed by atoms with Crippen molar-refractivity contribution in [1.82, 2.24) is 15.6 Å². The molecule has 16 heteroatoms. The fraction of sp³-hybridized carbons (Fsp3) is 0.250. The normalized spacial score (nSPS) is 12.0. The number of nitrogens with one attached hydrogen (secondary N) is 2. The molecule has 2 N–H and O–H groups in total. The van der Waals surface area contributed by atoms with Crippen molar-refractivity contribution in [1.29, 1.82) is 0 Å². The number of benzene rings is 2. The number of halogens is 9. The van der Waals surface area contributed by atoms with E-state index in [-0.39, 0.29) is 22.2 Å². The minimum Gasteiger partial charge on any atom is -0.496 e. The number of aromatic nitrogens is 1. The van der Waals surface area contributed by atoms with Crippen LogP contribution in [-0.2, 0) is 0 Å². The number of aldehydes is 1. The van der Waals surface area contributed by atoms with Crippen LogP contribution in [0.1, 0.15) is 20.7 Å². The summed E-state index contributed by atoms with van der Waals surface area (Å²) >= 11 is 6.41. The molecule has 7 nitrogen and oxygen atoms in total. The summed E-state index contributed by atoms with van der Waals surface area (Å²) in [6.45, 7) is -1.74. The van der Waals surface area contributed by atoms with E-state index in [1.807, 2.05) is 0 Å². The molecule has 0 aliphatic carbocycles. The van der Waals surface area contributed by atoms with Gasteiger partial charge in [-0.25, -0.2) is 9.37 Å². The van der Waals surface area contributed by atoms with E-state index in [9.17, 15) is 44.7 Å². The van der Waals surface area contributed by atoms with Crippen molar-refractivity contribution >= 4 is 34.9 Å². The molecule has 0 radical (unpaired) electrons. The molecule has 0 saturated carbocycles. The van der Waals surface area contributed by atoms with Crippen LogP contribution in [0.25, 0.3) is 33.6 Å². The lowest BCUT2D eigenvalue weighted by atomic mass is 10.0. The number of ether oxygens (including phenoxy) is 1. The molecule has 0 aliphatic rings. The van der Waals surface area contributed by atoms with Gasteiger partial charge in [-0.05, 0) is 55.1 Å². The van der Waals surface area contributed by atoms with E-state index in [1.54, 1.807) is 29.6 Å². The van der Waals surface area contributed by atoms with Gasteiger partial charge in [0.05, 0.1) is 30.2 Å². The number of furan rings is 1. The Kier molecular flexibility index (Phi) is 10.3. The van der Waals surface area contributed by atoms with Gasteiger partial charge in [0.15, 0.2) is 6.29 Å². The van der Waals surface area contributed by atoms with Crippen molar-refractivity contribution in [2.75, 3.05) is 27.7 Å². The van der Waals surface area contributed by atoms with Crippen LogP contribution < -0.4 is 15.4 Å². The minimum atomic E-state index is -6.24. The molecule has 2 aromatic carbocycles. The van der Waals surface area contributed by atoms with E-state index in [4.69, 9.17) is 20.8 Å². The predicted octanol–water partition coefficient (Wildman–Crippen LogP) is 7.17. The van der Waals surface area contributed by atoms with Crippen molar-refractivity contribution in [3.05, 3.63) is 70.6 Å². The van der Waals surface area contributed by atoms with Crippen molar-refractivity contribution in [3.63, 3.8) is 0 Å². The van der Waals surface area contributed by atoms with Crippen LogP contribution in [0.2, 0.25) is 5.15 Å². The molecule has 0 atom stereocenters. The Balaban J connectivity index is 0.000000345. The first-order valence-electron chi connectivity index (χ1n) is 12.2. The number of fused-ring (bicyclic) bond motifs is 1. The van der Waals surface area contributed by atoms with Gasteiger partial charge in [0.25, 0.3) is 5.91 Å². The van der Waals surface area contributed by atoms with Crippen LogP contribution in [0.5, 0.6) is 5.75 Å². The Morgan fingerprint density at radius 2 is 1.61 bits per heavy atom. The molecule has 0 saturated heterocycles. The molecule has 0 bridgehead atoms. The first-order chi connectivity index (χ1) is 20.5. The zero-order chi connectivity index (χ0) is 33.0. The summed E-state index contributed by atoms with van der Waals surface area (Å²) in [5.74, 6) is -11.3. The molecule has 1 amide bonds. The fourth-order valence-electron chi connectivity index (χ4n) is 3.89. The molecule has 4 aromatic rings. The zero-order valence-corrected chi connectivity index (χ0v) is 23.6. The maximum atomic E-state index is 13.4. The van der Waals surface area contributed by atoms with Crippen LogP contribution in [0.3, 0.4) is 0 Å². The zero-order valence-electron chi connectivity index (χ0n) is 22.9. The number of hydrogen-bond acceptors (Lipinski definition) is 6. The van der Waals surface area contributed by atoms with Gasteiger partial charge in [0.2, 0.25) is 5.71 Å². The van der Waals surface area contributed by atoms with E-state index in [0.29, 0.717) is 39.7 Å². The van der Waals surface area contributed by atoms with Crippen molar-refractivity contribution in [2.45, 2.75) is 18.0 Å². The second-order valence-electron chi connectivity index (χ2n) is 8.95. The molecule has 4 rings (SSSR count). The second kappa shape index (κ2) is 13.2. The van der Waals surface area contributed by atoms with Crippen molar-refractivity contribution < 1.29 is 53.9 Å². The van der Waals surface area contributed by atoms with Crippen molar-refractivity contribution in [2.24, 2.45) is 0 Å². The van der Waals surface area contributed by atoms with Gasteiger partial charge in [-0.2, -0.15) is 30.7 Å². The molecular weight excluding hydrogens is 630 g/mol. The molecular formula is C28H22ClF8N3O4. The van der Waals surface area contributed by atoms with Crippen LogP contribution in [0.15, 0.2) is 52.9 Å². The van der Waals surface area contributed by atoms with E-state index >= 15 is 0 Å². The van der Waals surface area contributed by atoms with Gasteiger partial charge < -0.3 is 19.8 Å². The number of carbonyl (C=O) groups is 2. The number of pyridine rings is 1. The monoisotopic (exact) mass is 651 g/mol. The quantitative estimate of drug-likeness (QED) is 0.119. The molecule has 0 fully saturated rings. The number of methoxy groups -OCH3 is 1. The fourth-order valence-corrected chi connectivity index (χ4v) is 4.13. The summed E-state index contributed by atoms with van der Waals surface area (Å²) in [5.41, 5.74) is 2.41. The van der Waals surface area contributed by atoms with Gasteiger partial charge in [-0.15, -0.1) is 0 Å². The summed E-state index contributed by atoms with van der Waals surface area (Å²) < 4.78 is 107. The van der Waals surface area contributed by atoms with Crippen LogP contribution in [0.4, 0.5) is 35.1 Å². The minimum absolute atomic E-state index is 0.136. The van der Waals surface area contributed by atoms with Gasteiger partial charge in [-0.3, -0.25) is 9.59 Å². The first kappa shape index (κ1) is 34.3. The third-order valence-corrected chi connectivity index (χ3v) is 6.37. The Hall–Kier alpha value is -4.24. The lowest BCUT2D eigenvalue weighted by Crippen LogP contribution is -2.55. The van der Waals surface area contributed by atoms with E-state index in [1.165, 1.54) is 38.4 Å². The summed E-state index contributed by atoms with van der Waals surface area (Å²) in [6, 6.07) is 12.3. The van der Waals surface area contributed by atoms with Crippen LogP contribution >= 0.6 is 11.6 Å². The highest BCUT2D eigenvalue weighted by atomic mass is 35.5. The third-order valence-electron chi connectivity index (χ3n) is 6.08. The molecule has 0 unspecified atom stereocenters. The van der Waals surface area contributed by atoms with Gasteiger partial charge in [0, 0.05) is 18.2 Å². The topological polar surface area (TPSA) is 93.5 Å². The molecule has 0 aliphatic heterocycles. The number of hydrogen-bond donors (Lipinski definition) is 2. The number of alkyl halides is 7. The highest BCUT2D eigenvalue weighted by molar-refractivity contribution is 6.32. The smallest absolute Gasteiger partial charge is 0.459 e. The molecule has 2 aromatic heterocycles. The number of rotatable bonds is 8. The lowest BCUT2D eigenvalue weighted by Gasteiger charge is -2.27. The van der Waals surface area contributed by atoms with Crippen LogP contribution in [0, 0.1) is 5.82 Å². The summed E-state index contributed by atoms with van der Waals surface area (Å²) in [5, 5.41) is 4.72. The number of amides is 1. The summed E-state index contributed by atoms with van der Waals surface area (Å²) in [4.78, 5) is 28.4. The Morgan fingerprint density at radius 1 is 1.00 bits per heavy atom.